The number of carbonyl (C=O) groups is 1. The number of benzene rings is 2. The van der Waals surface area contributed by atoms with Crippen molar-refractivity contribution in [2.45, 2.75) is 19.2 Å². The van der Waals surface area contributed by atoms with Gasteiger partial charge in [-0.05, 0) is 42.3 Å². The predicted octanol–water partition coefficient (Wildman–Crippen LogP) is 6.36. The lowest BCUT2D eigenvalue weighted by Gasteiger charge is -2.19. The Morgan fingerprint density at radius 3 is 2.68 bits per heavy atom. The van der Waals surface area contributed by atoms with Crippen molar-refractivity contribution in [1.82, 2.24) is 14.9 Å². The molecule has 37 heavy (non-hydrogen) atoms. The molecule has 6 nitrogen and oxygen atoms in total. The van der Waals surface area contributed by atoms with E-state index < -0.39 is 23.8 Å². The molecule has 0 saturated heterocycles. The number of hydrogen-bond donors (Lipinski definition) is 2. The number of fused-ring (bicyclic) bond motifs is 1. The maximum absolute atomic E-state index is 13.5. The van der Waals surface area contributed by atoms with Gasteiger partial charge in [-0.1, -0.05) is 36.9 Å². The average molecular weight is 523 g/mol. The molecule has 1 atom stereocenters. The number of rotatable bonds is 6. The van der Waals surface area contributed by atoms with Gasteiger partial charge in [0, 0.05) is 23.5 Å². The van der Waals surface area contributed by atoms with Crippen molar-refractivity contribution in [3.8, 4) is 10.8 Å². The van der Waals surface area contributed by atoms with Crippen molar-refractivity contribution in [3.05, 3.63) is 107 Å². The number of imidazole rings is 1. The molecule has 1 aliphatic heterocycles. The van der Waals surface area contributed by atoms with E-state index in [1.165, 1.54) is 25.1 Å². The first-order valence-corrected chi connectivity index (χ1v) is 12.0. The first kappa shape index (κ1) is 24.4. The number of amides is 1. The lowest BCUT2D eigenvalue weighted by atomic mass is 10.0. The number of halogens is 3. The zero-order valence-electron chi connectivity index (χ0n) is 19.5. The van der Waals surface area contributed by atoms with E-state index in [4.69, 9.17) is 10.5 Å². The summed E-state index contributed by atoms with van der Waals surface area (Å²) in [4.78, 5) is 16.8. The van der Waals surface area contributed by atoms with Gasteiger partial charge in [-0.2, -0.15) is 13.2 Å². The number of dihydropyridines is 1. The fourth-order valence-corrected chi connectivity index (χ4v) is 5.04. The van der Waals surface area contributed by atoms with Crippen LogP contribution < -0.4 is 15.8 Å². The molecule has 2 aromatic carbocycles. The summed E-state index contributed by atoms with van der Waals surface area (Å²) in [5, 5.41) is 3.67. The smallest absolute Gasteiger partial charge is 0.416 e. The molecule has 0 fully saturated rings. The van der Waals surface area contributed by atoms with Crippen LogP contribution in [0.4, 0.5) is 13.2 Å². The number of ether oxygens (including phenoxy) is 1. The molecular weight excluding hydrogens is 501 g/mol. The molecule has 0 aliphatic carbocycles. The van der Waals surface area contributed by atoms with Gasteiger partial charge in [0.25, 0.3) is 5.91 Å². The summed E-state index contributed by atoms with van der Waals surface area (Å²) in [6.07, 6.45) is 1.79. The van der Waals surface area contributed by atoms with Crippen molar-refractivity contribution in [2.75, 3.05) is 0 Å². The first-order chi connectivity index (χ1) is 17.6. The minimum Gasteiger partial charge on any atom is -0.484 e. The molecule has 0 radical (unpaired) electrons. The van der Waals surface area contributed by atoms with Gasteiger partial charge in [-0.25, -0.2) is 4.98 Å². The second-order valence-electron chi connectivity index (χ2n) is 8.41. The molecule has 1 amide bonds. The standard InChI is InChI=1S/C27H21F3N4O2S/c1-15-7-8-18(13-32-15)17-9-10-22-21(11-17)33-14-34(22)24-12-23(25(37-24)26(31)35)36-16(2)19-5-3-4-6-20(19)27(28,29)30/h3-14,16,32H,1H2,2H3,(H2,31,35)/t16-/m1/s1. The van der Waals surface area contributed by atoms with E-state index in [1.807, 2.05) is 36.6 Å². The predicted molar refractivity (Wildman–Crippen MR) is 137 cm³/mol. The molecule has 10 heteroatoms. The van der Waals surface area contributed by atoms with Crippen LogP contribution in [-0.2, 0) is 6.18 Å². The molecule has 0 bridgehead atoms. The van der Waals surface area contributed by atoms with E-state index in [2.05, 4.69) is 16.9 Å². The highest BCUT2D eigenvalue weighted by Crippen LogP contribution is 2.39. The summed E-state index contributed by atoms with van der Waals surface area (Å²) in [6, 6.07) is 12.6. The minimum absolute atomic E-state index is 0.0390. The average Bonchev–Trinajstić information content (AvgIpc) is 3.47. The Hall–Kier alpha value is -4.31. The van der Waals surface area contributed by atoms with Gasteiger partial charge >= 0.3 is 6.18 Å². The van der Waals surface area contributed by atoms with E-state index in [9.17, 15) is 18.0 Å². The number of carbonyl (C=O) groups excluding carboxylic acids is 1. The fourth-order valence-electron chi connectivity index (χ4n) is 4.11. The van der Waals surface area contributed by atoms with E-state index in [-0.39, 0.29) is 16.2 Å². The number of thiophene rings is 1. The Bertz CT molecular complexity index is 1600. The normalized spacial score (nSPS) is 14.4. The number of hydrogen-bond acceptors (Lipinski definition) is 5. The van der Waals surface area contributed by atoms with Crippen LogP contribution in [0.15, 0.2) is 85.5 Å². The van der Waals surface area contributed by atoms with Gasteiger partial charge < -0.3 is 15.8 Å². The highest BCUT2D eigenvalue weighted by Gasteiger charge is 2.35. The van der Waals surface area contributed by atoms with Crippen molar-refractivity contribution in [1.29, 1.82) is 0 Å². The molecule has 5 rings (SSSR count). The van der Waals surface area contributed by atoms with Crippen LogP contribution in [0.25, 0.3) is 21.6 Å². The third-order valence-corrected chi connectivity index (χ3v) is 7.04. The number of allylic oxidation sites excluding steroid dienone is 3. The minimum atomic E-state index is -4.54. The third-order valence-electron chi connectivity index (χ3n) is 5.91. The van der Waals surface area contributed by atoms with Crippen molar-refractivity contribution >= 4 is 33.9 Å². The van der Waals surface area contributed by atoms with Gasteiger partial charge in [0.15, 0.2) is 0 Å². The van der Waals surface area contributed by atoms with Crippen LogP contribution in [-0.4, -0.2) is 15.5 Å². The van der Waals surface area contributed by atoms with Crippen LogP contribution in [0.2, 0.25) is 0 Å². The SMILES string of the molecule is C=C1C=CC(c2ccc3c(c2)ncn3-c2cc(O[C@H](C)c3ccccc3C(F)(F)F)c(C(N)=O)s2)=CN1. The summed E-state index contributed by atoms with van der Waals surface area (Å²) in [6.45, 7) is 5.35. The van der Waals surface area contributed by atoms with Crippen molar-refractivity contribution < 1.29 is 22.7 Å². The molecule has 3 N–H and O–H groups in total. The van der Waals surface area contributed by atoms with Gasteiger partial charge in [0.2, 0.25) is 0 Å². The quantitative estimate of drug-likeness (QED) is 0.309. The highest BCUT2D eigenvalue weighted by atomic mass is 32.1. The molecule has 2 aromatic heterocycles. The second-order valence-corrected chi connectivity index (χ2v) is 9.44. The van der Waals surface area contributed by atoms with Crippen molar-refractivity contribution in [3.63, 3.8) is 0 Å². The monoisotopic (exact) mass is 522 g/mol. The number of nitrogens with one attached hydrogen (secondary N) is 1. The van der Waals surface area contributed by atoms with Crippen LogP contribution in [0, 0.1) is 0 Å². The Labute approximate surface area is 214 Å². The van der Waals surface area contributed by atoms with E-state index in [0.717, 1.165) is 45.3 Å². The fraction of sp³-hybridized carbons (Fsp3) is 0.111. The molecule has 0 unspecified atom stereocenters. The van der Waals surface area contributed by atoms with Gasteiger partial charge in [-0.15, -0.1) is 11.3 Å². The highest BCUT2D eigenvalue weighted by molar-refractivity contribution is 7.16. The largest absolute Gasteiger partial charge is 0.484 e. The Kier molecular flexibility index (Phi) is 6.12. The van der Waals surface area contributed by atoms with Gasteiger partial charge in [-0.3, -0.25) is 9.36 Å². The molecule has 1 aliphatic rings. The summed E-state index contributed by atoms with van der Waals surface area (Å²) < 4.78 is 48.2. The molecule has 0 saturated carbocycles. The van der Waals surface area contributed by atoms with Crippen LogP contribution >= 0.6 is 11.3 Å². The molecule has 188 valence electrons. The van der Waals surface area contributed by atoms with E-state index in [1.54, 1.807) is 17.0 Å². The number of aromatic nitrogens is 2. The second kappa shape index (κ2) is 9.29. The Balaban J connectivity index is 1.48. The van der Waals surface area contributed by atoms with Crippen LogP contribution in [0.1, 0.15) is 39.4 Å². The first-order valence-electron chi connectivity index (χ1n) is 11.2. The third kappa shape index (κ3) is 4.75. The van der Waals surface area contributed by atoms with Crippen molar-refractivity contribution in [2.24, 2.45) is 5.73 Å². The number of nitrogens with two attached hydrogens (primary N) is 1. The molecule has 0 spiro atoms. The molecule has 3 heterocycles. The lowest BCUT2D eigenvalue weighted by molar-refractivity contribution is -0.138. The Morgan fingerprint density at radius 1 is 1.19 bits per heavy atom. The maximum atomic E-state index is 13.5. The maximum Gasteiger partial charge on any atom is 0.416 e. The van der Waals surface area contributed by atoms with E-state index >= 15 is 0 Å². The zero-order valence-corrected chi connectivity index (χ0v) is 20.4. The van der Waals surface area contributed by atoms with Crippen LogP contribution in [0.5, 0.6) is 5.75 Å². The molecule has 4 aromatic rings. The van der Waals surface area contributed by atoms with Crippen LogP contribution in [0.3, 0.4) is 0 Å². The number of nitrogens with zero attached hydrogens (tertiary/aromatic N) is 2. The number of alkyl halides is 3. The van der Waals surface area contributed by atoms with E-state index in [0.29, 0.717) is 5.00 Å². The summed E-state index contributed by atoms with van der Waals surface area (Å²) in [5.41, 5.74) is 8.98. The zero-order chi connectivity index (χ0) is 26.3. The Morgan fingerprint density at radius 2 is 1.97 bits per heavy atom. The summed E-state index contributed by atoms with van der Waals surface area (Å²) in [5.74, 6) is -0.626. The lowest BCUT2D eigenvalue weighted by Crippen LogP contribution is -2.15. The number of primary amides is 1. The molecular formula is C27H21F3N4O2S. The topological polar surface area (TPSA) is 82.2 Å². The van der Waals surface area contributed by atoms with Gasteiger partial charge in [0.05, 0.1) is 16.6 Å². The summed E-state index contributed by atoms with van der Waals surface area (Å²) >= 11 is 1.08. The summed E-state index contributed by atoms with van der Waals surface area (Å²) in [7, 11) is 0. The van der Waals surface area contributed by atoms with Gasteiger partial charge in [0.1, 0.15) is 28.1 Å².